The Labute approximate surface area is 65.3 Å². The van der Waals surface area contributed by atoms with E-state index in [0.29, 0.717) is 0 Å². The first-order valence-corrected chi connectivity index (χ1v) is 3.67. The normalized spacial score (nSPS) is 34.8. The summed E-state index contributed by atoms with van der Waals surface area (Å²) < 4.78 is 29.2. The molecule has 1 rings (SSSR count). The molecule has 1 heterocycles. The number of alkyl halides is 3. The number of halogens is 3. The van der Waals surface area contributed by atoms with Gasteiger partial charge in [0.1, 0.15) is 0 Å². The second-order valence-electron chi connectivity index (χ2n) is 2.20. The van der Waals surface area contributed by atoms with Gasteiger partial charge in [-0.25, -0.2) is 0 Å². The van der Waals surface area contributed by atoms with E-state index in [9.17, 15) is 8.78 Å². The van der Waals surface area contributed by atoms with Gasteiger partial charge in [-0.1, -0.05) is 0 Å². The van der Waals surface area contributed by atoms with E-state index >= 15 is 0 Å². The smallest absolute Gasteiger partial charge is 0.309 e. The number of hydrogen-bond acceptors (Lipinski definition) is 2. The van der Waals surface area contributed by atoms with Crippen LogP contribution in [0.15, 0.2) is 0 Å². The van der Waals surface area contributed by atoms with Gasteiger partial charge in [-0.2, -0.15) is 8.78 Å². The van der Waals surface area contributed by atoms with Crippen LogP contribution in [0.25, 0.3) is 0 Å². The van der Waals surface area contributed by atoms with Crippen molar-refractivity contribution in [2.75, 3.05) is 6.61 Å². The third-order valence-electron chi connectivity index (χ3n) is 1.48. The fourth-order valence-electron chi connectivity index (χ4n) is 0.900. The molecule has 0 spiro atoms. The highest BCUT2D eigenvalue weighted by atomic mass is 79.9. The molecule has 0 aromatic heterocycles. The summed E-state index contributed by atoms with van der Waals surface area (Å²) in [6.45, 7) is 0.201. The first-order chi connectivity index (χ1) is 4.52. The van der Waals surface area contributed by atoms with E-state index in [2.05, 4.69) is 20.7 Å². The number of aliphatic hydroxyl groups excluding tert-OH is 1. The van der Waals surface area contributed by atoms with Gasteiger partial charge in [0.25, 0.3) is 0 Å². The van der Waals surface area contributed by atoms with Crippen LogP contribution in [0.5, 0.6) is 0 Å². The molecule has 0 radical (unpaired) electrons. The van der Waals surface area contributed by atoms with Crippen LogP contribution in [0.2, 0.25) is 0 Å². The zero-order chi connectivity index (χ0) is 7.78. The minimum atomic E-state index is -3.01. The Morgan fingerprint density at radius 2 is 2.20 bits per heavy atom. The van der Waals surface area contributed by atoms with E-state index in [0.717, 1.165) is 0 Å². The monoisotopic (exact) mass is 216 g/mol. The van der Waals surface area contributed by atoms with Crippen molar-refractivity contribution in [1.82, 2.24) is 0 Å². The minimum Gasteiger partial charge on any atom is -0.367 e. The predicted octanol–water partition coefficient (Wildman–Crippen LogP) is 1.33. The SMILES string of the molecule is OC1OCCC1C(F)(F)Br. The lowest BCUT2D eigenvalue weighted by atomic mass is 10.1. The highest BCUT2D eigenvalue weighted by Gasteiger charge is 2.44. The Morgan fingerprint density at radius 3 is 2.40 bits per heavy atom. The van der Waals surface area contributed by atoms with Crippen molar-refractivity contribution < 1.29 is 18.6 Å². The topological polar surface area (TPSA) is 29.5 Å². The second-order valence-corrected chi connectivity index (χ2v) is 3.26. The fourth-order valence-corrected chi connectivity index (χ4v) is 1.35. The zero-order valence-electron chi connectivity index (χ0n) is 5.06. The molecule has 1 N–H and O–H groups in total. The van der Waals surface area contributed by atoms with Crippen molar-refractivity contribution in [2.45, 2.75) is 17.5 Å². The molecule has 0 aliphatic carbocycles. The Balaban J connectivity index is 2.55. The lowest BCUT2D eigenvalue weighted by molar-refractivity contribution is -0.120. The van der Waals surface area contributed by atoms with Crippen molar-refractivity contribution in [3.05, 3.63) is 0 Å². The van der Waals surface area contributed by atoms with E-state index in [1.54, 1.807) is 0 Å². The molecule has 2 nitrogen and oxygen atoms in total. The van der Waals surface area contributed by atoms with Crippen LogP contribution in [-0.4, -0.2) is 22.8 Å². The van der Waals surface area contributed by atoms with E-state index < -0.39 is 17.0 Å². The molecule has 10 heavy (non-hydrogen) atoms. The van der Waals surface area contributed by atoms with E-state index in [1.165, 1.54) is 0 Å². The zero-order valence-corrected chi connectivity index (χ0v) is 6.64. The van der Waals surface area contributed by atoms with Gasteiger partial charge in [0.15, 0.2) is 6.29 Å². The average molecular weight is 217 g/mol. The summed E-state index contributed by atoms with van der Waals surface area (Å²) in [5, 5.41) is 8.79. The molecule has 1 aliphatic rings. The van der Waals surface area contributed by atoms with Crippen LogP contribution in [0.1, 0.15) is 6.42 Å². The van der Waals surface area contributed by atoms with Gasteiger partial charge in [0.05, 0.1) is 12.5 Å². The standard InChI is InChI=1S/C5H7BrF2O2/c6-5(7,8)3-1-2-10-4(3)9/h3-4,9H,1-2H2. The van der Waals surface area contributed by atoms with Gasteiger partial charge in [0, 0.05) is 0 Å². The molecule has 0 saturated carbocycles. The third kappa shape index (κ3) is 1.65. The summed E-state index contributed by atoms with van der Waals surface area (Å²) in [4.78, 5) is -3.01. The van der Waals surface area contributed by atoms with Crippen LogP contribution in [0.4, 0.5) is 8.78 Å². The molecule has 0 aromatic carbocycles. The third-order valence-corrected chi connectivity index (χ3v) is 2.07. The summed E-state index contributed by atoms with van der Waals surface area (Å²) in [5.74, 6) is -1.10. The molecule has 5 heteroatoms. The van der Waals surface area contributed by atoms with Crippen molar-refractivity contribution in [1.29, 1.82) is 0 Å². The maximum Gasteiger partial charge on any atom is 0.309 e. The summed E-state index contributed by atoms with van der Waals surface area (Å²) >= 11 is 2.17. The van der Waals surface area contributed by atoms with Crippen LogP contribution in [-0.2, 0) is 4.74 Å². The first-order valence-electron chi connectivity index (χ1n) is 2.88. The predicted molar refractivity (Wildman–Crippen MR) is 33.9 cm³/mol. The highest BCUT2D eigenvalue weighted by Crippen LogP contribution is 2.38. The van der Waals surface area contributed by atoms with Gasteiger partial charge in [0.2, 0.25) is 0 Å². The molecule has 60 valence electrons. The van der Waals surface area contributed by atoms with Crippen molar-refractivity contribution in [3.63, 3.8) is 0 Å². The molecular weight excluding hydrogens is 210 g/mol. The fraction of sp³-hybridized carbons (Fsp3) is 1.00. The minimum absolute atomic E-state index is 0.194. The lowest BCUT2D eigenvalue weighted by Crippen LogP contribution is -2.28. The molecule has 0 bridgehead atoms. The van der Waals surface area contributed by atoms with E-state index in [4.69, 9.17) is 5.11 Å². The highest BCUT2D eigenvalue weighted by molar-refractivity contribution is 9.10. The Kier molecular flexibility index (Phi) is 2.27. The van der Waals surface area contributed by atoms with Crippen molar-refractivity contribution >= 4 is 15.9 Å². The maximum absolute atomic E-state index is 12.4. The van der Waals surface area contributed by atoms with Gasteiger partial charge in [-0.3, -0.25) is 0 Å². The van der Waals surface area contributed by atoms with Gasteiger partial charge >= 0.3 is 4.83 Å². The van der Waals surface area contributed by atoms with E-state index in [1.807, 2.05) is 0 Å². The quantitative estimate of drug-likeness (QED) is 0.671. The number of aliphatic hydroxyl groups is 1. The van der Waals surface area contributed by atoms with Gasteiger partial charge < -0.3 is 9.84 Å². The largest absolute Gasteiger partial charge is 0.367 e. The molecule has 1 aliphatic heterocycles. The maximum atomic E-state index is 12.4. The van der Waals surface area contributed by atoms with Crippen LogP contribution in [0, 0.1) is 5.92 Å². The van der Waals surface area contributed by atoms with Crippen LogP contribution < -0.4 is 0 Å². The molecular formula is C5H7BrF2O2. The molecule has 1 saturated heterocycles. The van der Waals surface area contributed by atoms with Gasteiger partial charge in [-0.15, -0.1) is 0 Å². The summed E-state index contributed by atoms with van der Waals surface area (Å²) in [7, 11) is 0. The summed E-state index contributed by atoms with van der Waals surface area (Å²) in [5.41, 5.74) is 0. The lowest BCUT2D eigenvalue weighted by Gasteiger charge is -2.17. The number of hydrogen-bond donors (Lipinski definition) is 1. The Hall–Kier alpha value is 0.260. The molecule has 2 unspecified atom stereocenters. The Morgan fingerprint density at radius 1 is 1.60 bits per heavy atom. The number of rotatable bonds is 1. The Bertz CT molecular complexity index is 125. The van der Waals surface area contributed by atoms with Crippen molar-refractivity contribution in [3.8, 4) is 0 Å². The first kappa shape index (κ1) is 8.36. The van der Waals surface area contributed by atoms with E-state index in [-0.39, 0.29) is 13.0 Å². The molecule has 0 amide bonds. The van der Waals surface area contributed by atoms with Crippen LogP contribution in [0.3, 0.4) is 0 Å². The van der Waals surface area contributed by atoms with Crippen LogP contribution >= 0.6 is 15.9 Å². The summed E-state index contributed by atoms with van der Waals surface area (Å²) in [6, 6.07) is 0. The van der Waals surface area contributed by atoms with Gasteiger partial charge in [-0.05, 0) is 22.4 Å². The molecule has 0 aromatic rings. The molecule has 2 atom stereocenters. The average Bonchev–Trinajstić information content (AvgIpc) is 2.11. The summed E-state index contributed by atoms with van der Waals surface area (Å²) in [6.07, 6.45) is -1.13. The second kappa shape index (κ2) is 2.71. The number of ether oxygens (including phenoxy) is 1. The molecule has 1 fully saturated rings. The van der Waals surface area contributed by atoms with Crippen molar-refractivity contribution in [2.24, 2.45) is 5.92 Å².